The molecular formula is C24H22FN9O5. The van der Waals surface area contributed by atoms with Gasteiger partial charge in [0, 0.05) is 12.1 Å². The van der Waals surface area contributed by atoms with Gasteiger partial charge in [-0.1, -0.05) is 41.5 Å². The first-order valence-corrected chi connectivity index (χ1v) is 11.9. The van der Waals surface area contributed by atoms with Crippen LogP contribution in [0.3, 0.4) is 0 Å². The Bertz CT molecular complexity index is 1670. The monoisotopic (exact) mass is 535 g/mol. The van der Waals surface area contributed by atoms with Crippen molar-refractivity contribution in [1.29, 1.82) is 0 Å². The van der Waals surface area contributed by atoms with Gasteiger partial charge in [-0.2, -0.15) is 9.37 Å². The first-order chi connectivity index (χ1) is 18.9. The van der Waals surface area contributed by atoms with E-state index >= 15 is 0 Å². The number of nitrogen functional groups attached to an aromatic ring is 1. The Labute approximate surface area is 218 Å². The second kappa shape index (κ2) is 9.95. The second-order valence-electron chi connectivity index (χ2n) is 8.85. The van der Waals surface area contributed by atoms with Crippen molar-refractivity contribution in [3.63, 3.8) is 0 Å². The number of aliphatic hydroxyl groups excluding tert-OH is 2. The van der Waals surface area contributed by atoms with Gasteiger partial charge in [-0.3, -0.25) is 14.7 Å². The van der Waals surface area contributed by atoms with Gasteiger partial charge < -0.3 is 30.4 Å². The number of hydrogen-bond donors (Lipinski definition) is 5. The molecule has 1 amide bonds. The molecule has 6 rings (SSSR count). The largest absolute Gasteiger partial charge is 0.403 e. The van der Waals surface area contributed by atoms with Crippen molar-refractivity contribution in [1.82, 2.24) is 35.0 Å². The van der Waals surface area contributed by atoms with Crippen LogP contribution in [0.5, 0.6) is 0 Å². The van der Waals surface area contributed by atoms with Gasteiger partial charge in [-0.05, 0) is 16.8 Å². The minimum absolute atomic E-state index is 0.00294. The second-order valence-corrected chi connectivity index (χ2v) is 8.85. The number of ether oxygens (including phenoxy) is 1. The summed E-state index contributed by atoms with van der Waals surface area (Å²) in [5.41, 5.74) is 6.46. The third-order valence-electron chi connectivity index (χ3n) is 6.38. The van der Waals surface area contributed by atoms with E-state index in [-0.39, 0.29) is 42.0 Å². The number of amides is 1. The first-order valence-electron chi connectivity index (χ1n) is 11.9. The minimum Gasteiger partial charge on any atom is -0.403 e. The summed E-state index contributed by atoms with van der Waals surface area (Å²) in [6.45, 7) is -0.246. The van der Waals surface area contributed by atoms with Crippen LogP contribution < -0.4 is 16.4 Å². The third kappa shape index (κ3) is 4.52. The number of nitrogens with two attached hydrogens (primary N) is 1. The fourth-order valence-electron chi connectivity index (χ4n) is 4.52. The van der Waals surface area contributed by atoms with Crippen molar-refractivity contribution in [3.05, 3.63) is 54.9 Å². The predicted molar refractivity (Wildman–Crippen MR) is 134 cm³/mol. The lowest BCUT2D eigenvalue weighted by atomic mass is 10.0. The highest BCUT2D eigenvalue weighted by Gasteiger charge is 2.45. The van der Waals surface area contributed by atoms with E-state index in [0.717, 1.165) is 27.2 Å². The van der Waals surface area contributed by atoms with E-state index in [9.17, 15) is 19.4 Å². The van der Waals surface area contributed by atoms with Crippen molar-refractivity contribution in [2.24, 2.45) is 0 Å². The maximum Gasteiger partial charge on any atom is 0.322 e. The number of nitrogens with zero attached hydrogens (tertiary/aromatic N) is 6. The Hall–Kier alpha value is -4.57. The summed E-state index contributed by atoms with van der Waals surface area (Å²) in [7, 11) is 0. The zero-order chi connectivity index (χ0) is 27.1. The molecule has 14 nitrogen and oxygen atoms in total. The summed E-state index contributed by atoms with van der Waals surface area (Å²) in [5, 5.41) is 36.2. The van der Waals surface area contributed by atoms with Crippen LogP contribution in [0.2, 0.25) is 0 Å². The molecule has 0 spiro atoms. The van der Waals surface area contributed by atoms with Crippen LogP contribution >= 0.6 is 0 Å². The number of imidazole rings is 1. The van der Waals surface area contributed by atoms with Crippen LogP contribution in [0, 0.1) is 6.08 Å². The molecule has 5 aromatic rings. The smallest absolute Gasteiger partial charge is 0.322 e. The molecule has 200 valence electrons. The molecule has 1 fully saturated rings. The van der Waals surface area contributed by atoms with Gasteiger partial charge in [0.05, 0.1) is 6.54 Å². The number of nitrogens with one attached hydrogen (secondary N) is 2. The normalized spacial score (nSPS) is 21.1. The number of benzene rings is 2. The average Bonchev–Trinajstić information content (AvgIpc) is 3.61. The van der Waals surface area contributed by atoms with E-state index < -0.39 is 36.5 Å². The standard InChI is InChI=1S/C24H22FN9O5/c25-23-31-16-19(26)28-10-29-20(16)34(23)22-18(37)17(36)14(38-22)8-27-9-15(35)30-24-33-32-21(39-24)13-7-3-5-11-4-1-2-6-12(11)13/h1-7,10,14,17-18,22,27,36-37H,8-9H2,(H2,26,28,29)(H,30,33,35)/t14-,17-,18-,22-/m1/s1. The summed E-state index contributed by atoms with van der Waals surface area (Å²) in [5.74, 6) is -0.282. The molecule has 15 heteroatoms. The SMILES string of the molecule is Nc1ncnc2c1nc(F)n2[C@@H]1O[C@H](CNCC(=O)Nc2nnc(-c3cccc4ccccc34)o2)[C@@H](O)[C@H]1O. The molecule has 0 radical (unpaired) electrons. The van der Waals surface area contributed by atoms with Crippen LogP contribution in [-0.2, 0) is 9.53 Å². The molecule has 6 N–H and O–H groups in total. The topological polar surface area (TPSA) is 199 Å². The summed E-state index contributed by atoms with van der Waals surface area (Å²) >= 11 is 0. The zero-order valence-electron chi connectivity index (χ0n) is 20.1. The highest BCUT2D eigenvalue weighted by Crippen LogP contribution is 2.33. The van der Waals surface area contributed by atoms with E-state index in [1.165, 1.54) is 0 Å². The summed E-state index contributed by atoms with van der Waals surface area (Å²) in [6, 6.07) is 13.3. The number of rotatable bonds is 7. The van der Waals surface area contributed by atoms with Crippen molar-refractivity contribution in [2.75, 3.05) is 24.1 Å². The molecule has 39 heavy (non-hydrogen) atoms. The van der Waals surface area contributed by atoms with Crippen molar-refractivity contribution in [3.8, 4) is 11.5 Å². The molecule has 2 aromatic carbocycles. The molecule has 0 unspecified atom stereocenters. The lowest BCUT2D eigenvalue weighted by Crippen LogP contribution is -2.40. The van der Waals surface area contributed by atoms with Crippen molar-refractivity contribution < 1.29 is 28.6 Å². The maximum atomic E-state index is 14.6. The highest BCUT2D eigenvalue weighted by atomic mass is 19.1. The summed E-state index contributed by atoms with van der Waals surface area (Å²) < 4.78 is 26.8. The number of carbonyl (C=O) groups excluding carboxylic acids is 1. The minimum atomic E-state index is -1.50. The van der Waals surface area contributed by atoms with E-state index in [2.05, 4.69) is 35.8 Å². The number of carbonyl (C=O) groups is 1. The number of anilines is 2. The Balaban J connectivity index is 1.07. The molecule has 1 aliphatic rings. The van der Waals surface area contributed by atoms with E-state index in [0.29, 0.717) is 0 Å². The van der Waals surface area contributed by atoms with Gasteiger partial charge in [-0.25, -0.2) is 9.97 Å². The predicted octanol–water partition coefficient (Wildman–Crippen LogP) is 0.598. The number of aromatic nitrogens is 6. The number of halogens is 1. The van der Waals surface area contributed by atoms with Gasteiger partial charge in [-0.15, -0.1) is 5.10 Å². The van der Waals surface area contributed by atoms with Gasteiger partial charge >= 0.3 is 6.01 Å². The van der Waals surface area contributed by atoms with Gasteiger partial charge in [0.1, 0.15) is 24.6 Å². The molecule has 3 aromatic heterocycles. The number of fused-ring (bicyclic) bond motifs is 2. The average molecular weight is 535 g/mol. The van der Waals surface area contributed by atoms with Gasteiger partial charge in [0.15, 0.2) is 23.2 Å². The summed E-state index contributed by atoms with van der Waals surface area (Å²) in [6.07, 6.45) is -5.08. The van der Waals surface area contributed by atoms with Crippen molar-refractivity contribution >= 4 is 39.7 Å². The maximum absolute atomic E-state index is 14.6. The Morgan fingerprint density at radius 2 is 1.92 bits per heavy atom. The van der Waals surface area contributed by atoms with Gasteiger partial charge in [0.25, 0.3) is 6.08 Å². The quantitative estimate of drug-likeness (QED) is 0.182. The number of aliphatic hydroxyl groups is 2. The van der Waals surface area contributed by atoms with Crippen LogP contribution in [0.25, 0.3) is 33.4 Å². The Morgan fingerprint density at radius 1 is 1.10 bits per heavy atom. The summed E-state index contributed by atoms with van der Waals surface area (Å²) in [4.78, 5) is 23.8. The molecule has 1 saturated heterocycles. The van der Waals surface area contributed by atoms with Crippen LogP contribution in [0.15, 0.2) is 53.2 Å². The highest BCUT2D eigenvalue weighted by molar-refractivity contribution is 5.95. The third-order valence-corrected chi connectivity index (χ3v) is 6.38. The molecule has 4 heterocycles. The molecule has 1 aliphatic heterocycles. The molecule has 4 atom stereocenters. The first kappa shape index (κ1) is 24.7. The Kier molecular flexibility index (Phi) is 6.32. The fraction of sp³-hybridized carbons (Fsp3) is 0.250. The lowest BCUT2D eigenvalue weighted by Gasteiger charge is -2.16. The molecular weight excluding hydrogens is 513 g/mol. The van der Waals surface area contributed by atoms with Crippen LogP contribution in [0.4, 0.5) is 16.2 Å². The number of hydrogen-bond acceptors (Lipinski definition) is 12. The van der Waals surface area contributed by atoms with Crippen molar-refractivity contribution in [2.45, 2.75) is 24.5 Å². The van der Waals surface area contributed by atoms with E-state index in [1.54, 1.807) is 0 Å². The van der Waals surface area contributed by atoms with Crippen LogP contribution in [-0.4, -0.2) is 77.2 Å². The molecule has 0 saturated carbocycles. The fourth-order valence-corrected chi connectivity index (χ4v) is 4.52. The van der Waals surface area contributed by atoms with Crippen LogP contribution in [0.1, 0.15) is 6.23 Å². The van der Waals surface area contributed by atoms with E-state index in [4.69, 9.17) is 14.9 Å². The zero-order valence-corrected chi connectivity index (χ0v) is 20.1. The molecule has 0 aliphatic carbocycles. The Morgan fingerprint density at radius 3 is 2.79 bits per heavy atom. The lowest BCUT2D eigenvalue weighted by molar-refractivity contribution is -0.115. The molecule has 0 bridgehead atoms. The van der Waals surface area contributed by atoms with E-state index in [1.807, 2.05) is 42.5 Å². The van der Waals surface area contributed by atoms with Gasteiger partial charge in [0.2, 0.25) is 11.8 Å².